The number of rotatable bonds is 3. The van der Waals surface area contributed by atoms with Crippen LogP contribution in [0.5, 0.6) is 0 Å². The van der Waals surface area contributed by atoms with E-state index in [-0.39, 0.29) is 0 Å². The summed E-state index contributed by atoms with van der Waals surface area (Å²) in [5, 5.41) is 3.45. The summed E-state index contributed by atoms with van der Waals surface area (Å²) in [6.45, 7) is 9.79. The van der Waals surface area contributed by atoms with Crippen LogP contribution in [0.1, 0.15) is 37.8 Å². The van der Waals surface area contributed by atoms with Gasteiger partial charge in [-0.15, -0.1) is 0 Å². The molecule has 1 aliphatic heterocycles. The third-order valence-corrected chi connectivity index (χ3v) is 3.54. The Bertz CT molecular complexity index is 334. The minimum Gasteiger partial charge on any atom is -0.465 e. The maximum absolute atomic E-state index is 5.73. The van der Waals surface area contributed by atoms with Crippen LogP contribution in [0.25, 0.3) is 0 Å². The van der Waals surface area contributed by atoms with Crippen molar-refractivity contribution in [2.75, 3.05) is 19.6 Å². The Morgan fingerprint density at radius 1 is 1.56 bits per heavy atom. The summed E-state index contributed by atoms with van der Waals surface area (Å²) in [5.41, 5.74) is 0. The summed E-state index contributed by atoms with van der Waals surface area (Å²) in [6.07, 6.45) is 1.19. The quantitative estimate of drug-likeness (QED) is 0.851. The lowest BCUT2D eigenvalue weighted by molar-refractivity contribution is 0.0988. The summed E-state index contributed by atoms with van der Waals surface area (Å²) < 4.78 is 5.73. The molecule has 0 saturated carbocycles. The lowest BCUT2D eigenvalue weighted by Crippen LogP contribution is -2.51. The first-order valence-corrected chi connectivity index (χ1v) is 6.25. The van der Waals surface area contributed by atoms with Gasteiger partial charge in [-0.05, 0) is 32.4 Å². The predicted molar refractivity (Wildman–Crippen MR) is 65.5 cm³/mol. The molecule has 1 N–H and O–H groups in total. The Morgan fingerprint density at radius 3 is 3.00 bits per heavy atom. The lowest BCUT2D eigenvalue weighted by atomic mass is 10.1. The van der Waals surface area contributed by atoms with Crippen LogP contribution in [-0.2, 0) is 0 Å². The van der Waals surface area contributed by atoms with E-state index in [2.05, 4.69) is 36.2 Å². The molecule has 2 rings (SSSR count). The molecule has 3 heteroatoms. The molecule has 0 aromatic carbocycles. The molecule has 1 fully saturated rings. The Hall–Kier alpha value is -0.800. The van der Waals surface area contributed by atoms with Crippen LogP contribution in [0.2, 0.25) is 0 Å². The van der Waals surface area contributed by atoms with Gasteiger partial charge in [-0.2, -0.15) is 0 Å². The number of furan rings is 1. The Balaban J connectivity index is 2.10. The molecular weight excluding hydrogens is 200 g/mol. The van der Waals surface area contributed by atoms with Crippen LogP contribution >= 0.6 is 0 Å². The van der Waals surface area contributed by atoms with E-state index >= 15 is 0 Å². The van der Waals surface area contributed by atoms with Crippen molar-refractivity contribution < 1.29 is 4.42 Å². The fraction of sp³-hybridized carbons (Fsp3) is 0.692. The third kappa shape index (κ3) is 2.30. The number of piperazine rings is 1. The van der Waals surface area contributed by atoms with Crippen molar-refractivity contribution in [3.05, 3.63) is 23.7 Å². The van der Waals surface area contributed by atoms with E-state index in [0.717, 1.165) is 31.2 Å². The summed E-state index contributed by atoms with van der Waals surface area (Å²) in [5.74, 6) is 2.10. The fourth-order valence-corrected chi connectivity index (χ4v) is 2.51. The zero-order valence-electron chi connectivity index (χ0n) is 10.5. The van der Waals surface area contributed by atoms with Crippen LogP contribution in [0, 0.1) is 6.92 Å². The van der Waals surface area contributed by atoms with Crippen LogP contribution in [-0.4, -0.2) is 30.6 Å². The van der Waals surface area contributed by atoms with Crippen LogP contribution < -0.4 is 5.32 Å². The highest BCUT2D eigenvalue weighted by molar-refractivity contribution is 5.10. The van der Waals surface area contributed by atoms with Crippen molar-refractivity contribution in [3.8, 4) is 0 Å². The summed E-state index contributed by atoms with van der Waals surface area (Å²) in [4.78, 5) is 2.55. The van der Waals surface area contributed by atoms with E-state index in [0.29, 0.717) is 12.1 Å². The Morgan fingerprint density at radius 2 is 2.38 bits per heavy atom. The molecule has 1 saturated heterocycles. The summed E-state index contributed by atoms with van der Waals surface area (Å²) in [6, 6.07) is 5.18. The van der Waals surface area contributed by atoms with Gasteiger partial charge in [0, 0.05) is 25.7 Å². The highest BCUT2D eigenvalue weighted by Crippen LogP contribution is 2.25. The van der Waals surface area contributed by atoms with Gasteiger partial charge in [0.2, 0.25) is 0 Å². The Labute approximate surface area is 97.8 Å². The first-order valence-electron chi connectivity index (χ1n) is 6.25. The Kier molecular flexibility index (Phi) is 3.66. The predicted octanol–water partition coefficient (Wildman–Crippen LogP) is 2.33. The molecule has 0 spiro atoms. The molecule has 90 valence electrons. The average molecular weight is 222 g/mol. The summed E-state index contributed by atoms with van der Waals surface area (Å²) >= 11 is 0. The molecule has 1 aliphatic rings. The van der Waals surface area contributed by atoms with E-state index in [1.54, 1.807) is 0 Å². The molecule has 0 amide bonds. The maximum atomic E-state index is 5.73. The normalized spacial score (nSPS) is 24.6. The van der Waals surface area contributed by atoms with Crippen molar-refractivity contribution in [1.82, 2.24) is 10.2 Å². The van der Waals surface area contributed by atoms with Crippen molar-refractivity contribution in [1.29, 1.82) is 0 Å². The average Bonchev–Trinajstić information content (AvgIpc) is 2.75. The van der Waals surface area contributed by atoms with Crippen molar-refractivity contribution >= 4 is 0 Å². The van der Waals surface area contributed by atoms with E-state index in [4.69, 9.17) is 4.42 Å². The first kappa shape index (κ1) is 11.7. The highest BCUT2D eigenvalue weighted by Gasteiger charge is 2.27. The van der Waals surface area contributed by atoms with Crippen molar-refractivity contribution in [2.45, 2.75) is 39.3 Å². The van der Waals surface area contributed by atoms with Crippen LogP contribution in [0.3, 0.4) is 0 Å². The van der Waals surface area contributed by atoms with Crippen LogP contribution in [0.15, 0.2) is 16.5 Å². The second kappa shape index (κ2) is 5.02. The third-order valence-electron chi connectivity index (χ3n) is 3.54. The fourth-order valence-electron chi connectivity index (χ4n) is 2.51. The minimum atomic E-state index is 0.390. The van der Waals surface area contributed by atoms with Gasteiger partial charge in [0.1, 0.15) is 11.5 Å². The standard InChI is InChI=1S/C13H22N2O/c1-4-12-9-14-7-8-15(12)11(3)13-6-5-10(2)16-13/h5-6,11-12,14H,4,7-9H2,1-3H3. The van der Waals surface area contributed by atoms with Gasteiger partial charge in [0.05, 0.1) is 6.04 Å². The molecule has 1 aromatic rings. The largest absolute Gasteiger partial charge is 0.465 e. The number of nitrogens with zero attached hydrogens (tertiary/aromatic N) is 1. The monoisotopic (exact) mass is 222 g/mol. The molecule has 0 aliphatic carbocycles. The van der Waals surface area contributed by atoms with E-state index < -0.39 is 0 Å². The molecule has 16 heavy (non-hydrogen) atoms. The number of hydrogen-bond donors (Lipinski definition) is 1. The molecule has 2 heterocycles. The number of hydrogen-bond acceptors (Lipinski definition) is 3. The number of aryl methyl sites for hydroxylation is 1. The topological polar surface area (TPSA) is 28.4 Å². The molecular formula is C13H22N2O. The molecule has 1 aromatic heterocycles. The molecule has 2 unspecified atom stereocenters. The van der Waals surface area contributed by atoms with E-state index in [1.807, 2.05) is 6.92 Å². The zero-order valence-corrected chi connectivity index (χ0v) is 10.5. The van der Waals surface area contributed by atoms with Gasteiger partial charge in [0.15, 0.2) is 0 Å². The molecule has 2 atom stereocenters. The van der Waals surface area contributed by atoms with Crippen LogP contribution in [0.4, 0.5) is 0 Å². The van der Waals surface area contributed by atoms with Gasteiger partial charge < -0.3 is 9.73 Å². The van der Waals surface area contributed by atoms with Crippen molar-refractivity contribution in [2.24, 2.45) is 0 Å². The molecule has 0 radical (unpaired) electrons. The van der Waals surface area contributed by atoms with E-state index in [9.17, 15) is 0 Å². The zero-order chi connectivity index (χ0) is 11.5. The number of nitrogens with one attached hydrogen (secondary N) is 1. The smallest absolute Gasteiger partial charge is 0.121 e. The maximum Gasteiger partial charge on any atom is 0.121 e. The first-order chi connectivity index (χ1) is 7.72. The van der Waals surface area contributed by atoms with E-state index in [1.165, 1.54) is 6.42 Å². The summed E-state index contributed by atoms with van der Waals surface area (Å²) in [7, 11) is 0. The minimum absolute atomic E-state index is 0.390. The van der Waals surface area contributed by atoms with Gasteiger partial charge in [-0.25, -0.2) is 0 Å². The molecule has 3 nitrogen and oxygen atoms in total. The van der Waals surface area contributed by atoms with Gasteiger partial charge in [0.25, 0.3) is 0 Å². The highest BCUT2D eigenvalue weighted by atomic mass is 16.3. The SMILES string of the molecule is CCC1CNCCN1C(C)c1ccc(C)o1. The van der Waals surface area contributed by atoms with Gasteiger partial charge in [-0.3, -0.25) is 4.90 Å². The second-order valence-electron chi connectivity index (χ2n) is 4.63. The lowest BCUT2D eigenvalue weighted by Gasteiger charge is -2.39. The molecule has 0 bridgehead atoms. The second-order valence-corrected chi connectivity index (χ2v) is 4.63. The van der Waals surface area contributed by atoms with Gasteiger partial charge >= 0.3 is 0 Å². The van der Waals surface area contributed by atoms with Crippen molar-refractivity contribution in [3.63, 3.8) is 0 Å². The van der Waals surface area contributed by atoms with Gasteiger partial charge in [-0.1, -0.05) is 6.92 Å².